The first kappa shape index (κ1) is 19.9. The summed E-state index contributed by atoms with van der Waals surface area (Å²) in [5.41, 5.74) is 1.31. The number of likely N-dealkylation sites (N-methyl/N-ethyl adjacent to an activating group) is 1. The maximum absolute atomic E-state index is 12.6. The van der Waals surface area contributed by atoms with Crippen LogP contribution in [0.4, 0.5) is 0 Å². The van der Waals surface area contributed by atoms with E-state index in [0.29, 0.717) is 18.9 Å². The average molecular weight is 347 g/mol. The summed E-state index contributed by atoms with van der Waals surface area (Å²) in [6.45, 7) is 6.74. The van der Waals surface area contributed by atoms with E-state index in [2.05, 4.69) is 48.3 Å². The second-order valence-corrected chi connectivity index (χ2v) is 8.10. The van der Waals surface area contributed by atoms with Gasteiger partial charge in [0.25, 0.3) is 0 Å². The number of carbonyl (C=O) groups is 1. The van der Waals surface area contributed by atoms with Crippen LogP contribution in [0, 0.1) is 11.3 Å². The van der Waals surface area contributed by atoms with Gasteiger partial charge in [-0.05, 0) is 50.3 Å². The number of amides is 1. The van der Waals surface area contributed by atoms with Crippen LogP contribution in [0.1, 0.15) is 38.7 Å². The third-order valence-corrected chi connectivity index (χ3v) is 5.18. The van der Waals surface area contributed by atoms with Crippen molar-refractivity contribution >= 4 is 5.91 Å². The van der Waals surface area contributed by atoms with E-state index in [9.17, 15) is 4.79 Å². The van der Waals surface area contributed by atoms with E-state index in [1.165, 1.54) is 5.56 Å². The Hall–Kier alpha value is -1.39. The molecule has 0 aromatic heterocycles. The van der Waals surface area contributed by atoms with Gasteiger partial charge in [0, 0.05) is 26.1 Å². The Morgan fingerprint density at radius 1 is 1.32 bits per heavy atom. The first-order valence-corrected chi connectivity index (χ1v) is 9.47. The molecule has 2 rings (SSSR count). The van der Waals surface area contributed by atoms with Crippen LogP contribution in [-0.4, -0.2) is 50.7 Å². The molecule has 140 valence electrons. The standard InChI is InChI=1S/C21H34N2O2/c1-17(2)19-15-21(10-13-25-19,14-18-8-6-5-7-9-18)16-20(24)22-11-12-23(3)4/h5-9,17,19H,10-16H2,1-4H3,(H,22,24)/t19-,21-/m0/s1. The normalized spacial score (nSPS) is 23.8. The molecule has 1 aromatic carbocycles. The molecule has 2 atom stereocenters. The summed E-state index contributed by atoms with van der Waals surface area (Å²) in [5.74, 6) is 0.648. The minimum Gasteiger partial charge on any atom is -0.378 e. The lowest BCUT2D eigenvalue weighted by molar-refractivity contribution is -0.128. The molecule has 1 N–H and O–H groups in total. The summed E-state index contributed by atoms with van der Waals surface area (Å²) < 4.78 is 5.99. The lowest BCUT2D eigenvalue weighted by atomic mass is 9.69. The van der Waals surface area contributed by atoms with Gasteiger partial charge in [-0.25, -0.2) is 0 Å². The zero-order valence-electron chi connectivity index (χ0n) is 16.3. The van der Waals surface area contributed by atoms with Crippen molar-refractivity contribution in [3.8, 4) is 0 Å². The molecule has 0 bridgehead atoms. The third kappa shape index (κ3) is 6.44. The van der Waals surface area contributed by atoms with E-state index in [-0.39, 0.29) is 17.4 Å². The van der Waals surface area contributed by atoms with E-state index in [4.69, 9.17) is 4.74 Å². The van der Waals surface area contributed by atoms with Gasteiger partial charge >= 0.3 is 0 Å². The summed E-state index contributed by atoms with van der Waals surface area (Å²) in [4.78, 5) is 14.7. The Labute approximate surface area is 152 Å². The smallest absolute Gasteiger partial charge is 0.220 e. The van der Waals surface area contributed by atoms with E-state index >= 15 is 0 Å². The van der Waals surface area contributed by atoms with Crippen molar-refractivity contribution in [3.05, 3.63) is 35.9 Å². The highest BCUT2D eigenvalue weighted by atomic mass is 16.5. The van der Waals surface area contributed by atoms with Crippen molar-refractivity contribution < 1.29 is 9.53 Å². The second-order valence-electron chi connectivity index (χ2n) is 8.10. The average Bonchev–Trinajstić information content (AvgIpc) is 2.55. The highest BCUT2D eigenvalue weighted by Gasteiger charge is 2.39. The van der Waals surface area contributed by atoms with Crippen LogP contribution in [0.25, 0.3) is 0 Å². The third-order valence-electron chi connectivity index (χ3n) is 5.18. The van der Waals surface area contributed by atoms with Crippen molar-refractivity contribution in [2.45, 2.75) is 45.6 Å². The molecular formula is C21H34N2O2. The zero-order chi connectivity index (χ0) is 18.3. The summed E-state index contributed by atoms with van der Waals surface area (Å²) in [6.07, 6.45) is 3.68. The minimum atomic E-state index is -0.00323. The Kier molecular flexibility index (Phi) is 7.45. The highest BCUT2D eigenvalue weighted by Crippen LogP contribution is 2.41. The molecule has 4 heteroatoms. The van der Waals surface area contributed by atoms with E-state index in [0.717, 1.165) is 32.4 Å². The van der Waals surface area contributed by atoms with Gasteiger partial charge in [0.1, 0.15) is 0 Å². The quantitative estimate of drug-likeness (QED) is 0.786. The molecule has 25 heavy (non-hydrogen) atoms. The summed E-state index contributed by atoms with van der Waals surface area (Å²) in [5, 5.41) is 3.09. The molecule has 1 fully saturated rings. The number of nitrogens with one attached hydrogen (secondary N) is 1. The van der Waals surface area contributed by atoms with Crippen LogP contribution in [-0.2, 0) is 16.0 Å². The van der Waals surface area contributed by atoms with Crippen LogP contribution in [0.3, 0.4) is 0 Å². The summed E-state index contributed by atoms with van der Waals surface area (Å²) >= 11 is 0. The van der Waals surface area contributed by atoms with Crippen molar-refractivity contribution in [2.24, 2.45) is 11.3 Å². The fourth-order valence-electron chi connectivity index (χ4n) is 3.68. The number of ether oxygens (including phenoxy) is 1. The Morgan fingerprint density at radius 3 is 2.68 bits per heavy atom. The van der Waals surface area contributed by atoms with Gasteiger partial charge in [-0.1, -0.05) is 44.2 Å². The zero-order valence-corrected chi connectivity index (χ0v) is 16.3. The van der Waals surface area contributed by atoms with E-state index in [1.807, 2.05) is 20.2 Å². The van der Waals surface area contributed by atoms with Gasteiger partial charge in [-0.15, -0.1) is 0 Å². The van der Waals surface area contributed by atoms with Crippen LogP contribution in [0.5, 0.6) is 0 Å². The lowest BCUT2D eigenvalue weighted by Gasteiger charge is -2.42. The molecule has 1 amide bonds. The number of carbonyl (C=O) groups excluding carboxylic acids is 1. The molecule has 0 saturated carbocycles. The molecule has 0 unspecified atom stereocenters. The van der Waals surface area contributed by atoms with Crippen LogP contribution >= 0.6 is 0 Å². The molecule has 4 nitrogen and oxygen atoms in total. The van der Waals surface area contributed by atoms with Gasteiger partial charge in [-0.2, -0.15) is 0 Å². The molecule has 1 aromatic rings. The maximum atomic E-state index is 12.6. The van der Waals surface area contributed by atoms with Gasteiger partial charge in [0.15, 0.2) is 0 Å². The molecule has 0 aliphatic carbocycles. The number of hydrogen-bond acceptors (Lipinski definition) is 3. The highest BCUT2D eigenvalue weighted by molar-refractivity contribution is 5.76. The van der Waals surface area contributed by atoms with Crippen LogP contribution in [0.15, 0.2) is 30.3 Å². The van der Waals surface area contributed by atoms with Crippen molar-refractivity contribution in [3.63, 3.8) is 0 Å². The Balaban J connectivity index is 2.07. The fraction of sp³-hybridized carbons (Fsp3) is 0.667. The lowest BCUT2D eigenvalue weighted by Crippen LogP contribution is -2.43. The molecule has 1 heterocycles. The first-order chi connectivity index (χ1) is 11.9. The number of nitrogens with zero attached hydrogens (tertiary/aromatic N) is 1. The van der Waals surface area contributed by atoms with Crippen molar-refractivity contribution in [1.29, 1.82) is 0 Å². The summed E-state index contributed by atoms with van der Waals surface area (Å²) in [7, 11) is 4.05. The minimum absolute atomic E-state index is 0.00323. The largest absolute Gasteiger partial charge is 0.378 e. The Morgan fingerprint density at radius 2 is 2.04 bits per heavy atom. The maximum Gasteiger partial charge on any atom is 0.220 e. The number of hydrogen-bond donors (Lipinski definition) is 1. The monoisotopic (exact) mass is 346 g/mol. The van der Waals surface area contributed by atoms with Gasteiger partial charge in [-0.3, -0.25) is 4.79 Å². The van der Waals surface area contributed by atoms with E-state index < -0.39 is 0 Å². The van der Waals surface area contributed by atoms with Gasteiger partial charge in [0.05, 0.1) is 6.10 Å². The first-order valence-electron chi connectivity index (χ1n) is 9.47. The second kappa shape index (κ2) is 9.35. The summed E-state index contributed by atoms with van der Waals surface area (Å²) in [6, 6.07) is 10.6. The van der Waals surface area contributed by atoms with E-state index in [1.54, 1.807) is 0 Å². The molecule has 1 saturated heterocycles. The molecular weight excluding hydrogens is 312 g/mol. The Bertz CT molecular complexity index is 530. The predicted molar refractivity (Wildman–Crippen MR) is 103 cm³/mol. The van der Waals surface area contributed by atoms with Gasteiger partial charge in [0.2, 0.25) is 5.91 Å². The topological polar surface area (TPSA) is 41.6 Å². The predicted octanol–water partition coefficient (Wildman–Crippen LogP) is 3.12. The van der Waals surface area contributed by atoms with Crippen LogP contribution in [0.2, 0.25) is 0 Å². The van der Waals surface area contributed by atoms with Crippen LogP contribution < -0.4 is 5.32 Å². The fourth-order valence-corrected chi connectivity index (χ4v) is 3.68. The van der Waals surface area contributed by atoms with Gasteiger partial charge < -0.3 is 15.0 Å². The SMILES string of the molecule is CC(C)[C@@H]1C[C@@](CC(=O)NCCN(C)C)(Cc2ccccc2)CCO1. The molecule has 1 aliphatic rings. The van der Waals surface area contributed by atoms with Crippen molar-refractivity contribution in [1.82, 2.24) is 10.2 Å². The van der Waals surface area contributed by atoms with Crippen molar-refractivity contribution in [2.75, 3.05) is 33.8 Å². The molecule has 0 spiro atoms. The molecule has 1 aliphatic heterocycles. The number of rotatable bonds is 8. The number of benzene rings is 1. The molecule has 0 radical (unpaired) electrons.